The van der Waals surface area contributed by atoms with Crippen molar-refractivity contribution in [3.8, 4) is 12.1 Å². The molecule has 0 heterocycles. The van der Waals surface area contributed by atoms with Crippen molar-refractivity contribution in [2.24, 2.45) is 4.99 Å². The average molecular weight is 162 g/mol. The third-order valence-electron chi connectivity index (χ3n) is 0.562. The lowest BCUT2D eigenvalue weighted by atomic mass is 10.9. The van der Waals surface area contributed by atoms with Gasteiger partial charge in [-0.2, -0.15) is 4.99 Å². The highest BCUT2D eigenvalue weighted by Gasteiger charge is 1.71. The molecule has 0 aromatic carbocycles. The van der Waals surface area contributed by atoms with Crippen molar-refractivity contribution in [3.63, 3.8) is 0 Å². The number of rotatable bonds is 1. The third-order valence-corrected chi connectivity index (χ3v) is 0.562. The van der Waals surface area contributed by atoms with E-state index in [0.717, 1.165) is 0 Å². The molecule has 0 bridgehead atoms. The molecule has 58 valence electrons. The Labute approximate surface area is 67.9 Å². The lowest BCUT2D eigenvalue weighted by Crippen LogP contribution is -3.00. The number of hydrogen-bond donors (Lipinski definition) is 1. The fourth-order valence-electron chi connectivity index (χ4n) is 0.246. The molecule has 3 nitrogen and oxygen atoms in total. The highest BCUT2D eigenvalue weighted by Crippen LogP contribution is 1.62. The molecule has 0 unspecified atom stereocenters. The number of nitrogens with zero attached hydrogens (tertiary/aromatic N) is 2. The molecule has 0 aliphatic rings. The number of quaternary nitrogens is 1. The van der Waals surface area contributed by atoms with Crippen LogP contribution in [0.4, 0.5) is 0 Å². The van der Waals surface area contributed by atoms with Gasteiger partial charge < -0.3 is 17.3 Å². The summed E-state index contributed by atoms with van der Waals surface area (Å²) in [6, 6.07) is 5.29. The first kappa shape index (κ1) is 12.0. The lowest BCUT2D eigenvalue weighted by molar-refractivity contribution is -0.534. The molecule has 0 amide bonds. The van der Waals surface area contributed by atoms with Gasteiger partial charge >= 0.3 is 0 Å². The van der Waals surface area contributed by atoms with E-state index in [1.54, 1.807) is 11.7 Å². The predicted molar refractivity (Wildman–Crippen MR) is 37.8 cm³/mol. The second-order valence-corrected chi connectivity index (χ2v) is 1.75. The zero-order chi connectivity index (χ0) is 7.11. The van der Waals surface area contributed by atoms with Gasteiger partial charge in [-0.15, -0.1) is 0 Å². The summed E-state index contributed by atoms with van der Waals surface area (Å²) in [5, 5.41) is 1.76. The van der Waals surface area contributed by atoms with Gasteiger partial charge in [-0.25, -0.2) is 0 Å². The number of nitrogens with two attached hydrogens (primary N) is 1. The Hall–Kier alpha value is -0.720. The molecule has 4 heteroatoms. The molecule has 10 heavy (non-hydrogen) atoms. The zero-order valence-electron chi connectivity index (χ0n) is 6.43. The van der Waals surface area contributed by atoms with E-state index in [0.29, 0.717) is 0 Å². The summed E-state index contributed by atoms with van der Waals surface area (Å²) in [7, 11) is 5.68. The highest BCUT2D eigenvalue weighted by atomic mass is 35.5. The first-order chi connectivity index (χ1) is 4.27. The van der Waals surface area contributed by atoms with Gasteiger partial charge in [0.25, 0.3) is 0 Å². The van der Waals surface area contributed by atoms with Gasteiger partial charge in [0, 0.05) is 14.1 Å². The summed E-state index contributed by atoms with van der Waals surface area (Å²) in [6.45, 7) is 0. The minimum absolute atomic E-state index is 0. The van der Waals surface area contributed by atoms with Crippen LogP contribution in [-0.2, 0) is 0 Å². The standard InChI is InChI=1S/C6H11N3.ClH/c1-7-4-5-8-6-9(2)3;/h6-7H,1-3H3;1H. The van der Waals surface area contributed by atoms with Crippen molar-refractivity contribution >= 4 is 6.34 Å². The van der Waals surface area contributed by atoms with Crippen LogP contribution in [0.3, 0.4) is 0 Å². The Morgan fingerprint density at radius 1 is 1.50 bits per heavy atom. The SMILES string of the molecule is C[NH2+]C#CN=CN(C)C.[Cl-]. The van der Waals surface area contributed by atoms with Crippen LogP contribution in [0.2, 0.25) is 0 Å². The van der Waals surface area contributed by atoms with Crippen molar-refractivity contribution in [3.05, 3.63) is 0 Å². The van der Waals surface area contributed by atoms with E-state index in [-0.39, 0.29) is 12.4 Å². The monoisotopic (exact) mass is 161 g/mol. The number of halogens is 1. The van der Waals surface area contributed by atoms with Crippen LogP contribution in [0.5, 0.6) is 0 Å². The van der Waals surface area contributed by atoms with Crippen molar-refractivity contribution in [2.75, 3.05) is 21.1 Å². The van der Waals surface area contributed by atoms with Crippen LogP contribution in [0, 0.1) is 12.1 Å². The molecule has 0 fully saturated rings. The van der Waals surface area contributed by atoms with Crippen LogP contribution < -0.4 is 17.7 Å². The molecule has 0 aliphatic heterocycles. The Bertz CT molecular complexity index is 143. The third kappa shape index (κ3) is 10.3. The molecule has 0 aliphatic carbocycles. The van der Waals surface area contributed by atoms with Gasteiger partial charge in [-0.1, -0.05) is 0 Å². The van der Waals surface area contributed by atoms with Gasteiger partial charge in [-0.3, -0.25) is 5.32 Å². The van der Waals surface area contributed by atoms with Crippen LogP contribution in [0.15, 0.2) is 4.99 Å². The van der Waals surface area contributed by atoms with E-state index in [9.17, 15) is 0 Å². The van der Waals surface area contributed by atoms with Crippen LogP contribution in [-0.4, -0.2) is 32.4 Å². The molecular weight excluding hydrogens is 150 g/mol. The number of hydrogen-bond acceptors (Lipinski definition) is 1. The largest absolute Gasteiger partial charge is 1.00 e. The Morgan fingerprint density at radius 3 is 2.50 bits per heavy atom. The van der Waals surface area contributed by atoms with Crippen molar-refractivity contribution in [1.82, 2.24) is 4.90 Å². The molecule has 2 N–H and O–H groups in total. The minimum atomic E-state index is 0. The van der Waals surface area contributed by atoms with Crippen molar-refractivity contribution in [2.45, 2.75) is 0 Å². The first-order valence-corrected chi connectivity index (χ1v) is 2.75. The summed E-state index contributed by atoms with van der Waals surface area (Å²) < 4.78 is 0. The maximum atomic E-state index is 3.77. The summed E-state index contributed by atoms with van der Waals surface area (Å²) in [6.07, 6.45) is 1.66. The second kappa shape index (κ2) is 8.28. The first-order valence-electron chi connectivity index (χ1n) is 2.75. The van der Waals surface area contributed by atoms with E-state index in [1.807, 2.05) is 26.0 Å². The fraction of sp³-hybridized carbons (Fsp3) is 0.500. The smallest absolute Gasteiger partial charge is 0.159 e. The topological polar surface area (TPSA) is 32.2 Å². The lowest BCUT2D eigenvalue weighted by Gasteiger charge is -1.97. The van der Waals surface area contributed by atoms with E-state index < -0.39 is 0 Å². The Kier molecular flexibility index (Phi) is 9.94. The van der Waals surface area contributed by atoms with E-state index in [2.05, 4.69) is 17.1 Å². The average Bonchev–Trinajstić information content (AvgIpc) is 1.80. The van der Waals surface area contributed by atoms with E-state index >= 15 is 0 Å². The predicted octanol–water partition coefficient (Wildman–Crippen LogP) is -4.31. The molecular formula is C6H12ClN3. The second-order valence-electron chi connectivity index (χ2n) is 1.75. The molecule has 0 atom stereocenters. The number of aliphatic imine (C=N–C) groups is 1. The zero-order valence-corrected chi connectivity index (χ0v) is 7.18. The summed E-state index contributed by atoms with van der Waals surface area (Å²) in [4.78, 5) is 5.61. The van der Waals surface area contributed by atoms with E-state index in [1.165, 1.54) is 0 Å². The minimum Gasteiger partial charge on any atom is -1.00 e. The summed E-state index contributed by atoms with van der Waals surface area (Å²) in [5.41, 5.74) is 0. The van der Waals surface area contributed by atoms with Gasteiger partial charge in [-0.05, 0) is 0 Å². The maximum absolute atomic E-state index is 3.77. The molecule has 0 aromatic rings. The van der Waals surface area contributed by atoms with Gasteiger partial charge in [0.15, 0.2) is 6.04 Å². The molecule has 0 aromatic heterocycles. The molecule has 0 spiro atoms. The van der Waals surface area contributed by atoms with E-state index in [4.69, 9.17) is 0 Å². The Balaban J connectivity index is 0. The van der Waals surface area contributed by atoms with Crippen LogP contribution in [0.25, 0.3) is 0 Å². The summed E-state index contributed by atoms with van der Waals surface area (Å²) in [5.74, 6) is 0. The maximum Gasteiger partial charge on any atom is 0.159 e. The van der Waals surface area contributed by atoms with Crippen molar-refractivity contribution in [1.29, 1.82) is 0 Å². The van der Waals surface area contributed by atoms with Crippen LogP contribution in [0.1, 0.15) is 0 Å². The molecule has 0 saturated heterocycles. The Morgan fingerprint density at radius 2 is 2.10 bits per heavy atom. The quantitative estimate of drug-likeness (QED) is 0.236. The molecule has 0 saturated carbocycles. The van der Waals surface area contributed by atoms with Gasteiger partial charge in [0.05, 0.1) is 7.05 Å². The van der Waals surface area contributed by atoms with Crippen LogP contribution >= 0.6 is 0 Å². The normalized spacial score (nSPS) is 7.90. The molecule has 0 radical (unpaired) electrons. The van der Waals surface area contributed by atoms with Crippen molar-refractivity contribution < 1.29 is 17.7 Å². The van der Waals surface area contributed by atoms with Gasteiger partial charge in [0.1, 0.15) is 12.4 Å². The van der Waals surface area contributed by atoms with Gasteiger partial charge in [0.2, 0.25) is 0 Å². The summed E-state index contributed by atoms with van der Waals surface area (Å²) >= 11 is 0. The highest BCUT2D eigenvalue weighted by molar-refractivity contribution is 5.55. The fourth-order valence-corrected chi connectivity index (χ4v) is 0.246. The molecule has 0 rings (SSSR count).